The van der Waals surface area contributed by atoms with Crippen LogP contribution in [0.15, 0.2) is 72.8 Å². The Morgan fingerprint density at radius 3 is 2.26 bits per heavy atom. The molecule has 0 amide bonds. The molecule has 0 radical (unpaired) electrons. The van der Waals surface area contributed by atoms with E-state index in [9.17, 15) is 0 Å². The van der Waals surface area contributed by atoms with E-state index < -0.39 is 0 Å². The lowest BCUT2D eigenvalue weighted by molar-refractivity contribution is 0.245. The minimum Gasteiger partial charge on any atom is -0.410 e. The second-order valence-corrected chi connectivity index (χ2v) is 11.2. The summed E-state index contributed by atoms with van der Waals surface area (Å²) in [6.45, 7) is 12.3. The van der Waals surface area contributed by atoms with Crippen LogP contribution in [0.25, 0.3) is 0 Å². The van der Waals surface area contributed by atoms with Gasteiger partial charge in [-0.05, 0) is 65.8 Å². The number of nitrogens with zero attached hydrogens (tertiary/aromatic N) is 2. The molecule has 5 rings (SSSR count). The molecule has 5 heteroatoms. The molecule has 0 aromatic heterocycles. The van der Waals surface area contributed by atoms with Crippen LogP contribution in [0.2, 0.25) is 0 Å². The quantitative estimate of drug-likeness (QED) is 0.194. The van der Waals surface area contributed by atoms with Crippen LogP contribution in [0.3, 0.4) is 0 Å². The minimum absolute atomic E-state index is 0.590. The zero-order valence-electron chi connectivity index (χ0n) is 24.2. The van der Waals surface area contributed by atoms with Crippen molar-refractivity contribution in [1.82, 2.24) is 14.5 Å². The second-order valence-electron chi connectivity index (χ2n) is 10.6. The standard InChI is InChI=1S/C32H41N3OS.C2H6/c1-2-34(22-26-9-5-3-6-10-26)23-27-13-15-28(16-14-27)24-35-20-19-29-17-18-32(21-30(29)25-35)36-37-33-31-11-7-4-8-12-31;1-2/h3,5-6,9-10,13-18,21,31,33H,2,4,7-8,11-12,19-20,22-25H2,1H3;1-2H3. The molecule has 3 aromatic carbocycles. The minimum atomic E-state index is 0.590. The number of hydrogen-bond donors (Lipinski definition) is 1. The molecule has 3 aromatic rings. The molecule has 0 spiro atoms. The van der Waals surface area contributed by atoms with Crippen molar-refractivity contribution in [3.8, 4) is 5.75 Å². The van der Waals surface area contributed by atoms with Crippen molar-refractivity contribution < 1.29 is 4.18 Å². The summed E-state index contributed by atoms with van der Waals surface area (Å²) in [5.41, 5.74) is 7.00. The van der Waals surface area contributed by atoms with Gasteiger partial charge in [0.05, 0.1) is 0 Å². The third kappa shape index (κ3) is 9.39. The van der Waals surface area contributed by atoms with Crippen molar-refractivity contribution in [2.24, 2.45) is 0 Å². The third-order valence-electron chi connectivity index (χ3n) is 7.76. The molecule has 4 nitrogen and oxygen atoms in total. The molecule has 1 fully saturated rings. The molecule has 1 heterocycles. The molecule has 0 saturated heterocycles. The van der Waals surface area contributed by atoms with E-state index in [4.69, 9.17) is 4.18 Å². The lowest BCUT2D eigenvalue weighted by Crippen LogP contribution is -2.30. The molecule has 0 unspecified atom stereocenters. The van der Waals surface area contributed by atoms with Crippen LogP contribution in [-0.2, 0) is 32.6 Å². The van der Waals surface area contributed by atoms with Crippen molar-refractivity contribution in [1.29, 1.82) is 0 Å². The molecular formula is C34H47N3OS. The summed E-state index contributed by atoms with van der Waals surface area (Å²) in [5.74, 6) is 0.953. The Hall–Kier alpha value is -2.31. The van der Waals surface area contributed by atoms with Gasteiger partial charge in [-0.15, -0.1) is 0 Å². The topological polar surface area (TPSA) is 27.7 Å². The first kappa shape index (κ1) is 29.7. The first-order valence-electron chi connectivity index (χ1n) is 15.0. The third-order valence-corrected chi connectivity index (χ3v) is 8.46. The number of benzene rings is 3. The van der Waals surface area contributed by atoms with Gasteiger partial charge < -0.3 is 4.18 Å². The molecule has 2 aliphatic rings. The zero-order valence-corrected chi connectivity index (χ0v) is 25.0. The number of nitrogens with one attached hydrogen (secondary N) is 1. The highest BCUT2D eigenvalue weighted by molar-refractivity contribution is 7.93. The van der Waals surface area contributed by atoms with E-state index in [1.165, 1.54) is 72.2 Å². The molecule has 39 heavy (non-hydrogen) atoms. The van der Waals surface area contributed by atoms with Crippen molar-refractivity contribution in [3.05, 3.63) is 101 Å². The summed E-state index contributed by atoms with van der Waals surface area (Å²) < 4.78 is 9.51. The molecule has 1 saturated carbocycles. The van der Waals surface area contributed by atoms with E-state index >= 15 is 0 Å². The summed E-state index contributed by atoms with van der Waals surface area (Å²) in [6, 6.07) is 27.2. The molecule has 1 N–H and O–H groups in total. The van der Waals surface area contributed by atoms with E-state index in [2.05, 4.69) is 94.2 Å². The fraction of sp³-hybridized carbons (Fsp3) is 0.471. The second kappa shape index (κ2) is 16.1. The van der Waals surface area contributed by atoms with Crippen molar-refractivity contribution in [2.75, 3.05) is 13.1 Å². The summed E-state index contributed by atoms with van der Waals surface area (Å²) in [7, 11) is 0. The Kier molecular flexibility index (Phi) is 12.2. The maximum atomic E-state index is 6.00. The first-order valence-corrected chi connectivity index (χ1v) is 15.8. The average molecular weight is 546 g/mol. The largest absolute Gasteiger partial charge is 0.410 e. The predicted octanol–water partition coefficient (Wildman–Crippen LogP) is 8.16. The lowest BCUT2D eigenvalue weighted by Gasteiger charge is -2.29. The Balaban J connectivity index is 0.00000172. The maximum Gasteiger partial charge on any atom is 0.143 e. The fourth-order valence-electron chi connectivity index (χ4n) is 5.53. The van der Waals surface area contributed by atoms with E-state index in [0.717, 1.165) is 51.4 Å². The highest BCUT2D eigenvalue weighted by Gasteiger charge is 2.18. The van der Waals surface area contributed by atoms with Crippen molar-refractivity contribution >= 4 is 12.2 Å². The van der Waals surface area contributed by atoms with Crippen LogP contribution >= 0.6 is 12.2 Å². The summed E-state index contributed by atoms with van der Waals surface area (Å²) in [4.78, 5) is 5.05. The summed E-state index contributed by atoms with van der Waals surface area (Å²) in [6.07, 6.45) is 7.68. The Morgan fingerprint density at radius 1 is 0.846 bits per heavy atom. The lowest BCUT2D eigenvalue weighted by atomic mass is 9.96. The smallest absolute Gasteiger partial charge is 0.143 e. The average Bonchev–Trinajstić information content (AvgIpc) is 3.00. The van der Waals surface area contributed by atoms with Crippen LogP contribution in [-0.4, -0.2) is 28.9 Å². The van der Waals surface area contributed by atoms with Gasteiger partial charge in [0.25, 0.3) is 0 Å². The predicted molar refractivity (Wildman–Crippen MR) is 167 cm³/mol. The molecular weight excluding hydrogens is 498 g/mol. The Bertz CT molecular complexity index is 1100. The molecule has 1 aliphatic heterocycles. The number of fused-ring (bicyclic) bond motifs is 1. The fourth-order valence-corrected chi connectivity index (χ4v) is 6.15. The number of hydrogen-bond acceptors (Lipinski definition) is 5. The summed E-state index contributed by atoms with van der Waals surface area (Å²) >= 11 is 1.41. The van der Waals surface area contributed by atoms with Gasteiger partial charge in [-0.25, -0.2) is 4.72 Å². The normalized spacial score (nSPS) is 15.9. The van der Waals surface area contributed by atoms with E-state index in [0.29, 0.717) is 6.04 Å². The van der Waals surface area contributed by atoms with Gasteiger partial charge in [-0.3, -0.25) is 9.80 Å². The van der Waals surface area contributed by atoms with Gasteiger partial charge in [0.15, 0.2) is 0 Å². The maximum absolute atomic E-state index is 6.00. The Morgan fingerprint density at radius 2 is 1.54 bits per heavy atom. The molecule has 1 aliphatic carbocycles. The number of rotatable bonds is 11. The Labute approximate surface area is 241 Å². The van der Waals surface area contributed by atoms with Gasteiger partial charge in [0, 0.05) is 38.8 Å². The van der Waals surface area contributed by atoms with Crippen molar-refractivity contribution in [2.45, 2.75) is 91.5 Å². The van der Waals surface area contributed by atoms with Gasteiger partial charge in [-0.1, -0.05) is 101 Å². The molecule has 210 valence electrons. The van der Waals surface area contributed by atoms with Crippen molar-refractivity contribution in [3.63, 3.8) is 0 Å². The van der Waals surface area contributed by atoms with E-state index in [1.807, 2.05) is 13.8 Å². The van der Waals surface area contributed by atoms with Crippen LogP contribution in [0.5, 0.6) is 5.75 Å². The van der Waals surface area contributed by atoms with Gasteiger partial charge in [-0.2, -0.15) is 0 Å². The van der Waals surface area contributed by atoms with Gasteiger partial charge >= 0.3 is 0 Å². The van der Waals surface area contributed by atoms with Crippen LogP contribution in [0, 0.1) is 0 Å². The van der Waals surface area contributed by atoms with Crippen LogP contribution < -0.4 is 8.91 Å². The monoisotopic (exact) mass is 545 g/mol. The van der Waals surface area contributed by atoms with Crippen LogP contribution in [0.1, 0.15) is 80.7 Å². The van der Waals surface area contributed by atoms with Crippen LogP contribution in [0.4, 0.5) is 0 Å². The molecule has 0 atom stereocenters. The highest BCUT2D eigenvalue weighted by atomic mass is 32.2. The molecule has 0 bridgehead atoms. The van der Waals surface area contributed by atoms with E-state index in [1.54, 1.807) is 0 Å². The first-order chi connectivity index (χ1) is 19.2. The van der Waals surface area contributed by atoms with Gasteiger partial charge in [0.2, 0.25) is 0 Å². The zero-order chi connectivity index (χ0) is 27.3. The highest BCUT2D eigenvalue weighted by Crippen LogP contribution is 2.27. The van der Waals surface area contributed by atoms with E-state index in [-0.39, 0.29) is 0 Å². The van der Waals surface area contributed by atoms with Gasteiger partial charge in [0.1, 0.15) is 18.0 Å². The summed E-state index contributed by atoms with van der Waals surface area (Å²) in [5, 5.41) is 0. The SMILES string of the molecule is CC.CCN(Cc1ccccc1)Cc1ccc(CN2CCc3ccc(OSNC4CCCCC4)cc3C2)cc1.